The Morgan fingerprint density at radius 3 is 2.42 bits per heavy atom. The summed E-state index contributed by atoms with van der Waals surface area (Å²) in [5.74, 6) is 1.36. The Morgan fingerprint density at radius 2 is 1.74 bits per heavy atom. The van der Waals surface area contributed by atoms with E-state index in [-0.39, 0.29) is 16.6 Å². The lowest BCUT2D eigenvalue weighted by Gasteiger charge is -2.20. The highest BCUT2D eigenvalue weighted by Crippen LogP contribution is 2.34. The van der Waals surface area contributed by atoms with Gasteiger partial charge in [-0.25, -0.2) is 8.42 Å². The van der Waals surface area contributed by atoms with Crippen LogP contribution in [0.25, 0.3) is 0 Å². The van der Waals surface area contributed by atoms with Gasteiger partial charge in [-0.3, -0.25) is 4.79 Å². The Kier molecular flexibility index (Phi) is 7.51. The second-order valence-corrected chi connectivity index (χ2v) is 10.1. The van der Waals surface area contributed by atoms with Crippen LogP contribution in [-0.4, -0.2) is 50.7 Å². The molecule has 0 spiro atoms. The molecule has 0 unspecified atom stereocenters. The molecule has 0 fully saturated rings. The maximum absolute atomic E-state index is 12.9. The van der Waals surface area contributed by atoms with Crippen molar-refractivity contribution in [3.8, 4) is 11.5 Å². The predicted octanol–water partition coefficient (Wildman–Crippen LogP) is 3.84. The number of hydrogen-bond donors (Lipinski definition) is 1. The van der Waals surface area contributed by atoms with Crippen molar-refractivity contribution in [1.29, 1.82) is 0 Å². The van der Waals surface area contributed by atoms with Crippen molar-refractivity contribution < 1.29 is 22.7 Å². The van der Waals surface area contributed by atoms with E-state index in [2.05, 4.69) is 5.32 Å². The van der Waals surface area contributed by atoms with Crippen molar-refractivity contribution in [1.82, 2.24) is 4.31 Å². The molecule has 168 valence electrons. The number of fused-ring (bicyclic) bond motifs is 1. The van der Waals surface area contributed by atoms with Crippen molar-refractivity contribution in [2.24, 2.45) is 0 Å². The molecule has 1 amide bonds. The number of nitrogens with one attached hydrogen (secondary N) is 1. The minimum Gasteiger partial charge on any atom is -0.486 e. The minimum absolute atomic E-state index is 0.186. The van der Waals surface area contributed by atoms with Gasteiger partial charge in [0.05, 0.1) is 10.6 Å². The Labute approximate surface area is 188 Å². The van der Waals surface area contributed by atoms with Gasteiger partial charge in [-0.15, -0.1) is 11.8 Å². The van der Waals surface area contributed by atoms with E-state index in [1.807, 2.05) is 32.0 Å². The van der Waals surface area contributed by atoms with Gasteiger partial charge in [0, 0.05) is 23.7 Å². The number of thioether (sulfide) groups is 1. The molecule has 1 heterocycles. The molecule has 1 aliphatic rings. The lowest BCUT2D eigenvalue weighted by molar-refractivity contribution is -0.113. The maximum Gasteiger partial charge on any atom is 0.243 e. The van der Waals surface area contributed by atoms with Crippen molar-refractivity contribution in [2.45, 2.75) is 37.5 Å². The summed E-state index contributed by atoms with van der Waals surface area (Å²) in [6.07, 6.45) is 0. The smallest absolute Gasteiger partial charge is 0.243 e. The molecule has 3 rings (SSSR count). The molecule has 1 N–H and O–H groups in total. The quantitative estimate of drug-likeness (QED) is 0.598. The third-order valence-corrected chi connectivity index (χ3v) is 8.16. The second-order valence-electron chi connectivity index (χ2n) is 7.14. The number of ether oxygens (including phenoxy) is 2. The zero-order valence-corrected chi connectivity index (χ0v) is 19.9. The van der Waals surface area contributed by atoms with Crippen LogP contribution >= 0.6 is 11.8 Å². The summed E-state index contributed by atoms with van der Waals surface area (Å²) in [4.78, 5) is 13.7. The van der Waals surface area contributed by atoms with Gasteiger partial charge in [0.25, 0.3) is 0 Å². The molecule has 0 saturated heterocycles. The Balaban J connectivity index is 1.73. The number of rotatable bonds is 8. The summed E-state index contributed by atoms with van der Waals surface area (Å²) < 4.78 is 38.3. The van der Waals surface area contributed by atoms with E-state index < -0.39 is 10.0 Å². The van der Waals surface area contributed by atoms with Gasteiger partial charge in [-0.05, 0) is 55.3 Å². The number of anilines is 1. The molecule has 0 atom stereocenters. The van der Waals surface area contributed by atoms with Crippen LogP contribution in [0, 0.1) is 13.8 Å². The van der Waals surface area contributed by atoms with Gasteiger partial charge in [-0.2, -0.15) is 4.31 Å². The van der Waals surface area contributed by atoms with E-state index in [4.69, 9.17) is 9.47 Å². The number of benzene rings is 2. The Morgan fingerprint density at radius 1 is 1.06 bits per heavy atom. The van der Waals surface area contributed by atoms with Crippen molar-refractivity contribution in [2.75, 3.05) is 37.4 Å². The number of carbonyl (C=O) groups excluding carboxylic acids is 1. The fourth-order valence-electron chi connectivity index (χ4n) is 3.27. The largest absolute Gasteiger partial charge is 0.486 e. The van der Waals surface area contributed by atoms with Gasteiger partial charge in [0.2, 0.25) is 15.9 Å². The van der Waals surface area contributed by atoms with Crippen LogP contribution in [-0.2, 0) is 14.8 Å². The summed E-state index contributed by atoms with van der Waals surface area (Å²) in [6, 6.07) is 8.78. The zero-order valence-electron chi connectivity index (χ0n) is 18.2. The fourth-order valence-corrected chi connectivity index (χ4v) is 5.56. The average Bonchev–Trinajstić information content (AvgIpc) is 2.75. The number of hydrogen-bond acceptors (Lipinski definition) is 6. The molecule has 0 bridgehead atoms. The highest BCUT2D eigenvalue weighted by Gasteiger charge is 2.23. The van der Waals surface area contributed by atoms with Crippen molar-refractivity contribution in [3.63, 3.8) is 0 Å². The van der Waals surface area contributed by atoms with Crippen LogP contribution in [0.15, 0.2) is 40.1 Å². The lowest BCUT2D eigenvalue weighted by atomic mass is 10.1. The van der Waals surface area contributed by atoms with Crippen LogP contribution in [0.3, 0.4) is 0 Å². The first-order valence-corrected chi connectivity index (χ1v) is 12.6. The molecule has 2 aromatic carbocycles. The third-order valence-electron chi connectivity index (χ3n) is 5.14. The van der Waals surface area contributed by atoms with E-state index >= 15 is 0 Å². The Bertz CT molecular complexity index is 1070. The highest BCUT2D eigenvalue weighted by atomic mass is 32.2. The number of carbonyl (C=O) groups is 1. The molecule has 31 heavy (non-hydrogen) atoms. The zero-order chi connectivity index (χ0) is 22.6. The van der Waals surface area contributed by atoms with E-state index in [1.54, 1.807) is 26.0 Å². The molecular weight excluding hydrogens is 436 g/mol. The summed E-state index contributed by atoms with van der Waals surface area (Å²) in [5, 5.41) is 2.87. The Hall–Kier alpha value is -2.23. The molecule has 0 saturated carbocycles. The molecule has 2 aromatic rings. The van der Waals surface area contributed by atoms with Crippen LogP contribution in [0.5, 0.6) is 11.5 Å². The number of amides is 1. The monoisotopic (exact) mass is 464 g/mol. The van der Waals surface area contributed by atoms with Crippen molar-refractivity contribution in [3.05, 3.63) is 41.5 Å². The van der Waals surface area contributed by atoms with Crippen LogP contribution in [0.4, 0.5) is 5.69 Å². The highest BCUT2D eigenvalue weighted by molar-refractivity contribution is 8.00. The summed E-state index contributed by atoms with van der Waals surface area (Å²) in [5.41, 5.74) is 2.16. The summed E-state index contributed by atoms with van der Waals surface area (Å²) >= 11 is 1.38. The van der Waals surface area contributed by atoms with E-state index in [0.29, 0.717) is 43.5 Å². The molecule has 9 heteroatoms. The third kappa shape index (κ3) is 5.34. The number of aryl methyl sites for hydroxylation is 1. The average molecular weight is 465 g/mol. The molecule has 7 nitrogen and oxygen atoms in total. The van der Waals surface area contributed by atoms with Gasteiger partial charge in [0.1, 0.15) is 13.2 Å². The first-order valence-electron chi connectivity index (χ1n) is 10.2. The van der Waals surface area contributed by atoms with Crippen LogP contribution in [0.1, 0.15) is 25.0 Å². The molecule has 1 aliphatic heterocycles. The van der Waals surface area contributed by atoms with Gasteiger partial charge < -0.3 is 14.8 Å². The fraction of sp³-hybridized carbons (Fsp3) is 0.409. The standard InChI is InChI=1S/C22H28N2O5S2/c1-5-24(6-2)31(26,27)18-11-15(3)16(4)19(13-18)23-22(25)14-30-17-7-8-20-21(12-17)29-10-9-28-20/h7-8,11-13H,5-6,9-10,14H2,1-4H3,(H,23,25). The maximum atomic E-state index is 12.9. The minimum atomic E-state index is -3.61. The number of nitrogens with zero attached hydrogens (tertiary/aromatic N) is 1. The normalized spacial score (nSPS) is 13.3. The second kappa shape index (κ2) is 9.93. The molecule has 0 radical (unpaired) electrons. The first kappa shape index (κ1) is 23.4. The summed E-state index contributed by atoms with van der Waals surface area (Å²) in [7, 11) is -3.61. The topological polar surface area (TPSA) is 84.9 Å². The van der Waals surface area contributed by atoms with E-state index in [1.165, 1.54) is 16.1 Å². The van der Waals surface area contributed by atoms with Gasteiger partial charge >= 0.3 is 0 Å². The van der Waals surface area contributed by atoms with Gasteiger partial charge in [0.15, 0.2) is 11.5 Å². The first-order chi connectivity index (χ1) is 14.8. The molecule has 0 aromatic heterocycles. The predicted molar refractivity (Wildman–Crippen MR) is 123 cm³/mol. The lowest BCUT2D eigenvalue weighted by Crippen LogP contribution is -2.30. The SMILES string of the molecule is CCN(CC)S(=O)(=O)c1cc(C)c(C)c(NC(=O)CSc2ccc3c(c2)OCCO3)c1. The summed E-state index contributed by atoms with van der Waals surface area (Å²) in [6.45, 7) is 9.14. The molecular formula is C22H28N2O5S2. The van der Waals surface area contributed by atoms with E-state index in [0.717, 1.165) is 16.0 Å². The van der Waals surface area contributed by atoms with Crippen molar-refractivity contribution >= 4 is 33.4 Å². The van der Waals surface area contributed by atoms with E-state index in [9.17, 15) is 13.2 Å². The molecule has 0 aliphatic carbocycles. The van der Waals surface area contributed by atoms with Crippen LogP contribution in [0.2, 0.25) is 0 Å². The van der Waals surface area contributed by atoms with Gasteiger partial charge in [-0.1, -0.05) is 13.8 Å². The van der Waals surface area contributed by atoms with Crippen LogP contribution < -0.4 is 14.8 Å². The number of sulfonamides is 1.